The summed E-state index contributed by atoms with van der Waals surface area (Å²) < 4.78 is 0. The lowest BCUT2D eigenvalue weighted by atomic mass is 10.1. The molecule has 0 aliphatic heterocycles. The molecule has 0 unspecified atom stereocenters. The fourth-order valence-corrected chi connectivity index (χ4v) is 1.60. The second-order valence-electron chi connectivity index (χ2n) is 2.22. The summed E-state index contributed by atoms with van der Waals surface area (Å²) in [7, 11) is 0. The van der Waals surface area contributed by atoms with E-state index >= 15 is 0 Å². The monoisotopic (exact) mass is 158 g/mol. The lowest BCUT2D eigenvalue weighted by Crippen LogP contribution is -1.70. The summed E-state index contributed by atoms with van der Waals surface area (Å²) in [6, 6.07) is 13.9. The Labute approximate surface area is 70.1 Å². The van der Waals surface area contributed by atoms with Gasteiger partial charge in [0.25, 0.3) is 0 Å². The van der Waals surface area contributed by atoms with Gasteiger partial charge in [0, 0.05) is 0 Å². The Morgan fingerprint density at radius 3 is 2.91 bits per heavy atom. The fraction of sp³-hybridized carbons (Fsp3) is 0. The molecular formula is C10H6S. The van der Waals surface area contributed by atoms with Gasteiger partial charge < -0.3 is 0 Å². The highest BCUT2D eigenvalue weighted by molar-refractivity contribution is 7.08. The number of rotatable bonds is 1. The maximum absolute atomic E-state index is 3.05. The van der Waals surface area contributed by atoms with E-state index in [1.165, 1.54) is 5.56 Å². The van der Waals surface area contributed by atoms with Crippen molar-refractivity contribution >= 4 is 11.3 Å². The minimum Gasteiger partial charge on any atom is -0.152 e. The van der Waals surface area contributed by atoms with Crippen LogP contribution in [0.4, 0.5) is 0 Å². The maximum atomic E-state index is 3.05. The quantitative estimate of drug-likeness (QED) is 0.598. The third-order valence-electron chi connectivity index (χ3n) is 1.48. The van der Waals surface area contributed by atoms with Crippen LogP contribution in [0.15, 0.2) is 35.0 Å². The molecule has 0 spiro atoms. The Balaban J connectivity index is 2.46. The van der Waals surface area contributed by atoms with Crippen molar-refractivity contribution in [1.82, 2.24) is 0 Å². The third-order valence-corrected chi connectivity index (χ3v) is 2.16. The molecule has 0 aliphatic rings. The van der Waals surface area contributed by atoms with Crippen LogP contribution in [0.2, 0.25) is 0 Å². The van der Waals surface area contributed by atoms with Gasteiger partial charge in [0.15, 0.2) is 0 Å². The van der Waals surface area contributed by atoms with Crippen molar-refractivity contribution in [2.75, 3.05) is 0 Å². The summed E-state index contributed by atoms with van der Waals surface area (Å²) in [5, 5.41) is 4.18. The lowest BCUT2D eigenvalue weighted by Gasteiger charge is -1.92. The molecule has 0 aliphatic carbocycles. The molecule has 0 nitrogen and oxygen atoms in total. The van der Waals surface area contributed by atoms with Crippen LogP contribution >= 0.6 is 11.3 Å². The molecule has 0 bridgehead atoms. The molecule has 0 saturated heterocycles. The van der Waals surface area contributed by atoms with Crippen LogP contribution in [-0.4, -0.2) is 0 Å². The minimum absolute atomic E-state index is 1.12. The highest BCUT2D eigenvalue weighted by atomic mass is 32.1. The topological polar surface area (TPSA) is 0 Å². The number of hydrogen-bond donors (Lipinski definition) is 0. The lowest BCUT2D eigenvalue weighted by molar-refractivity contribution is 1.65. The zero-order chi connectivity index (χ0) is 7.52. The largest absolute Gasteiger partial charge is 0.152 e. The van der Waals surface area contributed by atoms with Gasteiger partial charge in [0.05, 0.1) is 0 Å². The summed E-state index contributed by atoms with van der Waals surface area (Å²) in [5.41, 5.74) is 2.35. The summed E-state index contributed by atoms with van der Waals surface area (Å²) >= 11 is 1.70. The van der Waals surface area contributed by atoms with Gasteiger partial charge in [-0.25, -0.2) is 0 Å². The van der Waals surface area contributed by atoms with E-state index < -0.39 is 0 Å². The van der Waals surface area contributed by atoms with Crippen molar-refractivity contribution in [2.45, 2.75) is 0 Å². The van der Waals surface area contributed by atoms with Gasteiger partial charge in [-0.15, -0.1) is 0 Å². The van der Waals surface area contributed by atoms with E-state index in [0.29, 0.717) is 0 Å². The highest BCUT2D eigenvalue weighted by Crippen LogP contribution is 2.20. The zero-order valence-corrected chi connectivity index (χ0v) is 6.69. The van der Waals surface area contributed by atoms with Crippen LogP contribution in [0, 0.1) is 12.1 Å². The fourth-order valence-electron chi connectivity index (χ4n) is 0.940. The molecule has 1 heteroatoms. The van der Waals surface area contributed by atoms with Crippen LogP contribution in [0.1, 0.15) is 0 Å². The van der Waals surface area contributed by atoms with Crippen molar-refractivity contribution in [1.29, 1.82) is 0 Å². The van der Waals surface area contributed by atoms with E-state index in [4.69, 9.17) is 0 Å². The van der Waals surface area contributed by atoms with Crippen molar-refractivity contribution in [3.8, 4) is 11.1 Å². The number of thiophene rings is 1. The van der Waals surface area contributed by atoms with Gasteiger partial charge in [-0.2, -0.15) is 11.3 Å². The molecule has 1 aromatic heterocycles. The zero-order valence-electron chi connectivity index (χ0n) is 5.87. The van der Waals surface area contributed by atoms with Crippen molar-refractivity contribution in [2.24, 2.45) is 0 Å². The van der Waals surface area contributed by atoms with Crippen LogP contribution in [-0.2, 0) is 0 Å². The predicted molar refractivity (Wildman–Crippen MR) is 47.4 cm³/mol. The Morgan fingerprint density at radius 1 is 1.27 bits per heavy atom. The van der Waals surface area contributed by atoms with E-state index in [1.807, 2.05) is 18.2 Å². The molecule has 0 amide bonds. The molecule has 2 aromatic rings. The van der Waals surface area contributed by atoms with Crippen molar-refractivity contribution < 1.29 is 0 Å². The minimum atomic E-state index is 1.12. The third kappa shape index (κ3) is 1.33. The normalized spacial score (nSPS) is 9.82. The van der Waals surface area contributed by atoms with Gasteiger partial charge in [-0.05, 0) is 40.1 Å². The van der Waals surface area contributed by atoms with Crippen LogP contribution in [0.3, 0.4) is 0 Å². The molecule has 0 N–H and O–H groups in total. The summed E-state index contributed by atoms with van der Waals surface area (Å²) in [4.78, 5) is 0. The van der Waals surface area contributed by atoms with Crippen LogP contribution in [0.5, 0.6) is 0 Å². The Hall–Kier alpha value is -1.08. The smallest absolute Gasteiger partial charge is 0.00138 e. The Morgan fingerprint density at radius 2 is 2.27 bits per heavy atom. The van der Waals surface area contributed by atoms with E-state index in [-0.39, 0.29) is 0 Å². The van der Waals surface area contributed by atoms with Crippen molar-refractivity contribution in [3.63, 3.8) is 0 Å². The molecule has 2 rings (SSSR count). The number of benzene rings is 1. The molecule has 0 fully saturated rings. The van der Waals surface area contributed by atoms with Gasteiger partial charge in [0.2, 0.25) is 0 Å². The second-order valence-corrected chi connectivity index (χ2v) is 3.00. The van der Waals surface area contributed by atoms with Gasteiger partial charge in [-0.3, -0.25) is 0 Å². The molecule has 52 valence electrons. The Bertz CT molecular complexity index is 308. The average molecular weight is 158 g/mol. The Kier molecular flexibility index (Phi) is 1.74. The standard InChI is InChI=1S/C10H6S/c1-2-4-9(5-3-1)10-6-7-11-8-10/h1-2,4,6-8H. The first kappa shape index (κ1) is 6.62. The molecule has 1 aromatic carbocycles. The molecular weight excluding hydrogens is 152 g/mol. The van der Waals surface area contributed by atoms with Gasteiger partial charge in [-0.1, -0.05) is 18.2 Å². The second kappa shape index (κ2) is 2.89. The molecule has 2 radical (unpaired) electrons. The van der Waals surface area contributed by atoms with Crippen LogP contribution < -0.4 is 0 Å². The van der Waals surface area contributed by atoms with E-state index in [9.17, 15) is 0 Å². The van der Waals surface area contributed by atoms with Crippen molar-refractivity contribution in [3.05, 3.63) is 47.2 Å². The first-order chi connectivity index (χ1) is 5.47. The van der Waals surface area contributed by atoms with E-state index in [1.54, 1.807) is 11.3 Å². The van der Waals surface area contributed by atoms with Gasteiger partial charge in [0.1, 0.15) is 0 Å². The molecule has 0 atom stereocenters. The average Bonchev–Trinajstić information content (AvgIpc) is 2.58. The van der Waals surface area contributed by atoms with Gasteiger partial charge >= 0.3 is 0 Å². The first-order valence-corrected chi connectivity index (χ1v) is 4.32. The molecule has 1 heterocycles. The van der Waals surface area contributed by atoms with E-state index in [0.717, 1.165) is 5.56 Å². The molecule has 0 saturated carbocycles. The SMILES string of the molecule is [c]1[c]c(-c2ccsc2)ccc1. The summed E-state index contributed by atoms with van der Waals surface area (Å²) in [6.07, 6.45) is 0. The first-order valence-electron chi connectivity index (χ1n) is 3.38. The van der Waals surface area contributed by atoms with Crippen LogP contribution in [0.25, 0.3) is 11.1 Å². The summed E-state index contributed by atoms with van der Waals surface area (Å²) in [5.74, 6) is 0. The molecule has 11 heavy (non-hydrogen) atoms. The maximum Gasteiger partial charge on any atom is -0.00138 e. The highest BCUT2D eigenvalue weighted by Gasteiger charge is 1.94. The predicted octanol–water partition coefficient (Wildman–Crippen LogP) is 3.02. The van der Waals surface area contributed by atoms with E-state index in [2.05, 4.69) is 29.0 Å². The number of hydrogen-bond acceptors (Lipinski definition) is 1. The summed E-state index contributed by atoms with van der Waals surface area (Å²) in [6.45, 7) is 0.